The van der Waals surface area contributed by atoms with Crippen LogP contribution < -0.4 is 5.43 Å². The smallest absolute Gasteiger partial charge is 0.250 e. The van der Waals surface area contributed by atoms with E-state index in [2.05, 4.69) is 41.6 Å². The van der Waals surface area contributed by atoms with E-state index in [1.807, 2.05) is 41.0 Å². The van der Waals surface area contributed by atoms with Crippen molar-refractivity contribution in [1.29, 1.82) is 0 Å². The first kappa shape index (κ1) is 23.1. The largest absolute Gasteiger partial charge is 0.272 e. The number of rotatable bonds is 7. The summed E-state index contributed by atoms with van der Waals surface area (Å²) in [6.07, 6.45) is 4.55. The summed E-state index contributed by atoms with van der Waals surface area (Å²) in [6, 6.07) is 15.6. The average molecular weight is 546 g/mol. The molecule has 1 N–H and O–H groups in total. The molecule has 0 bridgehead atoms. The van der Waals surface area contributed by atoms with Crippen molar-refractivity contribution in [2.45, 2.75) is 5.16 Å². The fraction of sp³-hybridized carbons (Fsp3) is 0.0455. The van der Waals surface area contributed by atoms with Crippen molar-refractivity contribution in [1.82, 2.24) is 25.2 Å². The predicted molar refractivity (Wildman–Crippen MR) is 130 cm³/mol. The molecule has 2 aromatic carbocycles. The van der Waals surface area contributed by atoms with Gasteiger partial charge in [0.05, 0.1) is 17.0 Å². The minimum absolute atomic E-state index is 0.0179. The predicted octanol–water partition coefficient (Wildman–Crippen LogP) is 5.13. The van der Waals surface area contributed by atoms with E-state index in [0.29, 0.717) is 11.0 Å². The maximum absolute atomic E-state index is 13.8. The fourth-order valence-electron chi connectivity index (χ4n) is 2.83. The van der Waals surface area contributed by atoms with Gasteiger partial charge in [-0.25, -0.2) is 9.82 Å². The van der Waals surface area contributed by atoms with Gasteiger partial charge >= 0.3 is 0 Å². The van der Waals surface area contributed by atoms with Crippen LogP contribution in [0.1, 0.15) is 5.56 Å². The Balaban J connectivity index is 1.51. The molecule has 2 heterocycles. The molecule has 1 amide bonds. The summed E-state index contributed by atoms with van der Waals surface area (Å²) in [5.74, 6) is -0.303. The molecule has 0 saturated heterocycles. The summed E-state index contributed by atoms with van der Waals surface area (Å²) in [4.78, 5) is 16.5. The quantitative estimate of drug-likeness (QED) is 0.198. The van der Waals surface area contributed by atoms with Crippen LogP contribution in [0.2, 0.25) is 5.02 Å². The van der Waals surface area contributed by atoms with Crippen molar-refractivity contribution in [3.63, 3.8) is 0 Å². The molecule has 0 fully saturated rings. The molecular formula is C22H15BrClFN6OS. The standard InChI is InChI=1S/C22H15BrClFN6OS/c23-15-6-8-16(9-7-15)31-21(14-3-2-10-26-11-14)29-30-22(31)33-13-20(32)28-27-12-17-18(24)4-1-5-19(17)25/h1-12H,13H2,(H,28,32). The lowest BCUT2D eigenvalue weighted by Gasteiger charge is -2.10. The summed E-state index contributed by atoms with van der Waals surface area (Å²) in [5.41, 5.74) is 4.09. The summed E-state index contributed by atoms with van der Waals surface area (Å²) < 4.78 is 16.6. The van der Waals surface area contributed by atoms with Gasteiger partial charge in [0, 0.05) is 33.7 Å². The van der Waals surface area contributed by atoms with Crippen LogP contribution in [0.3, 0.4) is 0 Å². The van der Waals surface area contributed by atoms with Crippen molar-refractivity contribution in [2.75, 3.05) is 5.75 Å². The highest BCUT2D eigenvalue weighted by Crippen LogP contribution is 2.28. The van der Waals surface area contributed by atoms with Crippen molar-refractivity contribution < 1.29 is 9.18 Å². The van der Waals surface area contributed by atoms with Gasteiger partial charge in [-0.15, -0.1) is 10.2 Å². The number of benzene rings is 2. The van der Waals surface area contributed by atoms with E-state index in [1.165, 1.54) is 30.1 Å². The van der Waals surface area contributed by atoms with Crippen molar-refractivity contribution in [3.05, 3.63) is 87.9 Å². The molecule has 0 unspecified atom stereocenters. The number of carbonyl (C=O) groups is 1. The van der Waals surface area contributed by atoms with Crippen LogP contribution in [0.4, 0.5) is 4.39 Å². The number of nitrogens with one attached hydrogen (secondary N) is 1. The molecule has 0 saturated carbocycles. The molecule has 0 radical (unpaired) electrons. The Bertz CT molecular complexity index is 1280. The average Bonchev–Trinajstić information content (AvgIpc) is 3.25. The van der Waals surface area contributed by atoms with Crippen molar-refractivity contribution in [2.24, 2.45) is 5.10 Å². The first-order valence-corrected chi connectivity index (χ1v) is 11.7. The number of hydrogen-bond donors (Lipinski definition) is 1. The fourth-order valence-corrected chi connectivity index (χ4v) is 4.05. The van der Waals surface area contributed by atoms with Crippen LogP contribution in [0.25, 0.3) is 17.1 Å². The minimum atomic E-state index is -0.527. The van der Waals surface area contributed by atoms with Crippen LogP contribution >= 0.6 is 39.3 Å². The molecule has 4 rings (SSSR count). The van der Waals surface area contributed by atoms with Gasteiger partial charge in [-0.1, -0.05) is 45.4 Å². The minimum Gasteiger partial charge on any atom is -0.272 e. The van der Waals surface area contributed by atoms with Crippen LogP contribution in [0.15, 0.2) is 81.7 Å². The van der Waals surface area contributed by atoms with E-state index in [4.69, 9.17) is 11.6 Å². The lowest BCUT2D eigenvalue weighted by molar-refractivity contribution is -0.118. The topological polar surface area (TPSA) is 85.1 Å². The van der Waals surface area contributed by atoms with Gasteiger partial charge in [-0.2, -0.15) is 5.10 Å². The number of thioether (sulfide) groups is 1. The summed E-state index contributed by atoms with van der Waals surface area (Å²) in [6.45, 7) is 0. The monoisotopic (exact) mass is 544 g/mol. The molecule has 7 nitrogen and oxygen atoms in total. The molecule has 2 aromatic heterocycles. The highest BCUT2D eigenvalue weighted by molar-refractivity contribution is 9.10. The van der Waals surface area contributed by atoms with Crippen molar-refractivity contribution in [3.8, 4) is 17.1 Å². The maximum atomic E-state index is 13.8. The lowest BCUT2D eigenvalue weighted by Crippen LogP contribution is -2.20. The van der Waals surface area contributed by atoms with Crippen LogP contribution in [-0.2, 0) is 4.79 Å². The number of pyridine rings is 1. The summed E-state index contributed by atoms with van der Waals surface area (Å²) in [7, 11) is 0. The van der Waals surface area contributed by atoms with E-state index >= 15 is 0 Å². The normalized spacial score (nSPS) is 11.1. The molecule has 0 aliphatic carbocycles. The molecule has 4 aromatic rings. The van der Waals surface area contributed by atoms with Gasteiger partial charge < -0.3 is 0 Å². The summed E-state index contributed by atoms with van der Waals surface area (Å²) in [5, 5.41) is 13.1. The third-order valence-electron chi connectivity index (χ3n) is 4.35. The molecule has 0 aliphatic rings. The molecular weight excluding hydrogens is 531 g/mol. The first-order valence-electron chi connectivity index (χ1n) is 9.53. The number of aromatic nitrogens is 4. The zero-order valence-electron chi connectivity index (χ0n) is 16.8. The van der Waals surface area contributed by atoms with Gasteiger partial charge in [-0.05, 0) is 48.5 Å². The van der Waals surface area contributed by atoms with E-state index in [0.717, 1.165) is 15.7 Å². The third-order valence-corrected chi connectivity index (χ3v) is 6.14. The van der Waals surface area contributed by atoms with E-state index in [1.54, 1.807) is 18.5 Å². The molecule has 33 heavy (non-hydrogen) atoms. The van der Waals surface area contributed by atoms with Gasteiger partial charge in [0.15, 0.2) is 11.0 Å². The Labute approximate surface area is 206 Å². The van der Waals surface area contributed by atoms with Gasteiger partial charge in [-0.3, -0.25) is 14.3 Å². The van der Waals surface area contributed by atoms with Crippen LogP contribution in [-0.4, -0.2) is 37.6 Å². The van der Waals surface area contributed by atoms with Crippen LogP contribution in [0, 0.1) is 5.82 Å². The highest BCUT2D eigenvalue weighted by atomic mass is 79.9. The zero-order chi connectivity index (χ0) is 23.2. The van der Waals surface area contributed by atoms with Gasteiger partial charge in [0.1, 0.15) is 5.82 Å². The lowest BCUT2D eigenvalue weighted by atomic mass is 10.2. The molecule has 0 aliphatic heterocycles. The number of nitrogens with zero attached hydrogens (tertiary/aromatic N) is 5. The summed E-state index contributed by atoms with van der Waals surface area (Å²) >= 11 is 10.6. The number of hydrazone groups is 1. The number of hydrogen-bond acceptors (Lipinski definition) is 6. The second-order valence-electron chi connectivity index (χ2n) is 6.58. The Morgan fingerprint density at radius 2 is 2.00 bits per heavy atom. The van der Waals surface area contributed by atoms with E-state index < -0.39 is 11.7 Å². The number of halogens is 3. The maximum Gasteiger partial charge on any atom is 0.250 e. The molecule has 0 atom stereocenters. The van der Waals surface area contributed by atoms with Gasteiger partial charge in [0.2, 0.25) is 0 Å². The molecule has 166 valence electrons. The Morgan fingerprint density at radius 1 is 1.18 bits per heavy atom. The third kappa shape index (κ3) is 5.65. The SMILES string of the molecule is O=C(CSc1nnc(-c2cccnc2)n1-c1ccc(Br)cc1)NN=Cc1c(F)cccc1Cl. The first-order chi connectivity index (χ1) is 16.0. The van der Waals surface area contributed by atoms with E-state index in [-0.39, 0.29) is 16.3 Å². The Morgan fingerprint density at radius 3 is 2.73 bits per heavy atom. The van der Waals surface area contributed by atoms with Crippen molar-refractivity contribution >= 4 is 51.4 Å². The number of carbonyl (C=O) groups excluding carboxylic acids is 1. The molecule has 0 spiro atoms. The van der Waals surface area contributed by atoms with E-state index in [9.17, 15) is 9.18 Å². The Kier molecular flexibility index (Phi) is 7.48. The van der Waals surface area contributed by atoms with Crippen LogP contribution in [0.5, 0.6) is 0 Å². The zero-order valence-corrected chi connectivity index (χ0v) is 20.0. The van der Waals surface area contributed by atoms with Gasteiger partial charge in [0.25, 0.3) is 5.91 Å². The Hall–Kier alpha value is -3.08. The highest BCUT2D eigenvalue weighted by Gasteiger charge is 2.17. The second-order valence-corrected chi connectivity index (χ2v) is 8.84. The number of amides is 1. The molecule has 11 heteroatoms. The second kappa shape index (κ2) is 10.7.